The van der Waals surface area contributed by atoms with Gasteiger partial charge in [0, 0.05) is 5.38 Å². The van der Waals surface area contributed by atoms with Gasteiger partial charge in [-0.05, 0) is 15.9 Å². The highest BCUT2D eigenvalue weighted by Crippen LogP contribution is 2.24. The molecule has 2 aromatic rings. The summed E-state index contributed by atoms with van der Waals surface area (Å²) in [5.74, 6) is 0. The van der Waals surface area contributed by atoms with E-state index >= 15 is 0 Å². The zero-order valence-corrected chi connectivity index (χ0v) is 7.70. The molecular weight excluding hydrogens is 228 g/mol. The Morgan fingerprint density at radius 3 is 3.18 bits per heavy atom. The molecule has 56 valence electrons. The molecule has 0 amide bonds. The summed E-state index contributed by atoms with van der Waals surface area (Å²) >= 11 is 4.71. The Morgan fingerprint density at radius 1 is 1.64 bits per heavy atom. The zero-order chi connectivity index (χ0) is 7.84. The van der Waals surface area contributed by atoms with Gasteiger partial charge in [-0.25, -0.2) is 0 Å². The number of thiophene rings is 1. The van der Waals surface area contributed by atoms with E-state index in [1.54, 1.807) is 0 Å². The van der Waals surface area contributed by atoms with Crippen molar-refractivity contribution in [1.29, 1.82) is 0 Å². The molecule has 0 saturated carbocycles. The first-order chi connectivity index (χ1) is 5.29. The predicted molar refractivity (Wildman–Crippen MR) is 47.9 cm³/mol. The van der Waals surface area contributed by atoms with Crippen molar-refractivity contribution in [1.82, 2.24) is 10.2 Å². The first-order valence-electron chi connectivity index (χ1n) is 2.89. The van der Waals surface area contributed by atoms with Gasteiger partial charge in [-0.1, -0.05) is 0 Å². The van der Waals surface area contributed by atoms with Crippen molar-refractivity contribution < 1.29 is 0 Å². The molecule has 0 aliphatic carbocycles. The molecule has 2 rings (SSSR count). The molecular formula is C6H3BrN2OS. The maximum absolute atomic E-state index is 11.1. The van der Waals surface area contributed by atoms with Crippen molar-refractivity contribution in [2.75, 3.05) is 0 Å². The van der Waals surface area contributed by atoms with Crippen LogP contribution in [0.25, 0.3) is 10.2 Å². The summed E-state index contributed by atoms with van der Waals surface area (Å²) in [5, 5.41) is 8.30. The topological polar surface area (TPSA) is 45.8 Å². The molecule has 11 heavy (non-hydrogen) atoms. The van der Waals surface area contributed by atoms with Gasteiger partial charge in [-0.15, -0.1) is 11.3 Å². The Bertz CT molecular complexity index is 447. The summed E-state index contributed by atoms with van der Waals surface area (Å²) in [6.07, 6.45) is 1.28. The molecule has 0 aliphatic heterocycles. The summed E-state index contributed by atoms with van der Waals surface area (Å²) < 4.78 is 1.61. The fourth-order valence-electron chi connectivity index (χ4n) is 0.837. The average Bonchev–Trinajstić information content (AvgIpc) is 2.35. The van der Waals surface area contributed by atoms with E-state index in [0.29, 0.717) is 4.70 Å². The first-order valence-corrected chi connectivity index (χ1v) is 4.56. The molecule has 1 N–H and O–H groups in total. The molecule has 0 unspecified atom stereocenters. The molecule has 2 heterocycles. The lowest BCUT2D eigenvalue weighted by Crippen LogP contribution is -1.99. The van der Waals surface area contributed by atoms with E-state index in [2.05, 4.69) is 26.1 Å². The summed E-state index contributed by atoms with van der Waals surface area (Å²) in [4.78, 5) is 11.1. The van der Waals surface area contributed by atoms with Crippen molar-refractivity contribution >= 4 is 37.5 Å². The number of fused-ring (bicyclic) bond motifs is 1. The van der Waals surface area contributed by atoms with Crippen LogP contribution in [0.1, 0.15) is 0 Å². The smallest absolute Gasteiger partial charge is 0.217 e. The number of aromatic amines is 1. The van der Waals surface area contributed by atoms with Crippen LogP contribution in [-0.2, 0) is 0 Å². The van der Waals surface area contributed by atoms with Crippen molar-refractivity contribution in [2.45, 2.75) is 0 Å². The second-order valence-corrected chi connectivity index (χ2v) is 3.76. The lowest BCUT2D eigenvalue weighted by Gasteiger charge is -1.86. The van der Waals surface area contributed by atoms with Crippen LogP contribution in [0.15, 0.2) is 20.8 Å². The van der Waals surface area contributed by atoms with E-state index in [0.717, 1.165) is 9.99 Å². The van der Waals surface area contributed by atoms with Gasteiger partial charge in [-0.3, -0.25) is 9.89 Å². The number of hydrogen-bond donors (Lipinski definition) is 1. The van der Waals surface area contributed by atoms with Crippen LogP contribution < -0.4 is 5.43 Å². The highest BCUT2D eigenvalue weighted by molar-refractivity contribution is 9.10. The summed E-state index contributed by atoms with van der Waals surface area (Å²) in [6, 6.07) is 0. The first kappa shape index (κ1) is 7.00. The van der Waals surface area contributed by atoms with Crippen LogP contribution in [0.3, 0.4) is 0 Å². The Morgan fingerprint density at radius 2 is 2.45 bits per heavy atom. The van der Waals surface area contributed by atoms with Crippen LogP contribution >= 0.6 is 27.3 Å². The standard InChI is InChI=1S/C6H3BrN2OS/c7-3-2-11-6-4(10)1-8-9-5(3)6/h1-2H,(H,9,10). The monoisotopic (exact) mass is 230 g/mol. The molecule has 0 saturated heterocycles. The van der Waals surface area contributed by atoms with E-state index in [1.807, 2.05) is 5.38 Å². The summed E-state index contributed by atoms with van der Waals surface area (Å²) in [6.45, 7) is 0. The summed E-state index contributed by atoms with van der Waals surface area (Å²) in [5.41, 5.74) is 0.747. The average molecular weight is 231 g/mol. The highest BCUT2D eigenvalue weighted by Gasteiger charge is 2.03. The number of halogens is 1. The normalized spacial score (nSPS) is 10.6. The third kappa shape index (κ3) is 1.00. The Hall–Kier alpha value is -0.680. The lowest BCUT2D eigenvalue weighted by atomic mass is 10.4. The molecule has 5 heteroatoms. The molecule has 0 spiro atoms. The van der Waals surface area contributed by atoms with Crippen molar-refractivity contribution in [3.05, 3.63) is 26.3 Å². The van der Waals surface area contributed by atoms with E-state index in [9.17, 15) is 4.79 Å². The molecule has 0 bridgehead atoms. The molecule has 0 radical (unpaired) electrons. The summed E-state index contributed by atoms with van der Waals surface area (Å²) in [7, 11) is 0. The Labute approximate surface area is 74.2 Å². The van der Waals surface area contributed by atoms with Gasteiger partial charge in [-0.2, -0.15) is 5.10 Å². The highest BCUT2D eigenvalue weighted by atomic mass is 79.9. The van der Waals surface area contributed by atoms with E-state index in [4.69, 9.17) is 0 Å². The maximum atomic E-state index is 11.1. The zero-order valence-electron chi connectivity index (χ0n) is 5.30. The van der Waals surface area contributed by atoms with Crippen LogP contribution in [0.5, 0.6) is 0 Å². The largest absolute Gasteiger partial charge is 0.286 e. The number of rotatable bonds is 0. The van der Waals surface area contributed by atoms with E-state index < -0.39 is 0 Å². The van der Waals surface area contributed by atoms with Crippen LogP contribution in [0, 0.1) is 0 Å². The number of nitrogens with one attached hydrogen (secondary N) is 1. The fourth-order valence-corrected chi connectivity index (χ4v) is 2.32. The quantitative estimate of drug-likeness (QED) is 0.750. The third-order valence-electron chi connectivity index (χ3n) is 1.33. The minimum absolute atomic E-state index is 0.0329. The molecule has 3 nitrogen and oxygen atoms in total. The Kier molecular flexibility index (Phi) is 1.54. The van der Waals surface area contributed by atoms with Crippen LogP contribution in [0.2, 0.25) is 0 Å². The van der Waals surface area contributed by atoms with Crippen molar-refractivity contribution in [3.63, 3.8) is 0 Å². The van der Waals surface area contributed by atoms with Gasteiger partial charge >= 0.3 is 0 Å². The van der Waals surface area contributed by atoms with Crippen molar-refractivity contribution in [2.24, 2.45) is 0 Å². The number of aromatic nitrogens is 2. The van der Waals surface area contributed by atoms with Gasteiger partial charge in [0.1, 0.15) is 4.70 Å². The number of hydrogen-bond acceptors (Lipinski definition) is 3. The minimum Gasteiger partial charge on any atom is -0.286 e. The fraction of sp³-hybridized carbons (Fsp3) is 0. The maximum Gasteiger partial charge on any atom is 0.217 e. The molecule has 0 aliphatic rings. The third-order valence-corrected chi connectivity index (χ3v) is 3.25. The SMILES string of the molecule is O=c1cn[nH]c2c(Br)csc12. The minimum atomic E-state index is -0.0329. The molecule has 0 atom stereocenters. The van der Waals surface area contributed by atoms with Gasteiger partial charge in [0.25, 0.3) is 0 Å². The molecule has 0 fully saturated rings. The molecule has 2 aromatic heterocycles. The van der Waals surface area contributed by atoms with Crippen LogP contribution in [0.4, 0.5) is 0 Å². The lowest BCUT2D eigenvalue weighted by molar-refractivity contribution is 1.07. The number of nitrogens with zero attached hydrogens (tertiary/aromatic N) is 1. The van der Waals surface area contributed by atoms with Gasteiger partial charge in [0.2, 0.25) is 5.43 Å². The van der Waals surface area contributed by atoms with E-state index in [1.165, 1.54) is 17.5 Å². The Balaban J connectivity index is 3.06. The van der Waals surface area contributed by atoms with Gasteiger partial charge in [0.15, 0.2) is 0 Å². The second-order valence-electron chi connectivity index (χ2n) is 2.02. The van der Waals surface area contributed by atoms with Gasteiger partial charge in [0.05, 0.1) is 16.2 Å². The van der Waals surface area contributed by atoms with Crippen molar-refractivity contribution in [3.8, 4) is 0 Å². The van der Waals surface area contributed by atoms with Crippen LogP contribution in [-0.4, -0.2) is 10.2 Å². The number of H-pyrrole nitrogens is 1. The molecule has 0 aromatic carbocycles. The predicted octanol–water partition coefficient (Wildman–Crippen LogP) is 1.75. The van der Waals surface area contributed by atoms with Gasteiger partial charge < -0.3 is 0 Å². The van der Waals surface area contributed by atoms with E-state index in [-0.39, 0.29) is 5.43 Å². The second kappa shape index (κ2) is 2.42.